The standard InChI is InChI=1S/C15H25N7O5S2/c16-29(26,27)14-12(28(24,25)10-7-17-8-10)2-1-11(13(14)15-18-20-21-19-15)22-5-3-9(23)4-6-22/h1-2,9-10,15,17-21,23H,3-8H2,(H2,16,26,27). The van der Waals surface area contributed by atoms with E-state index in [1.165, 1.54) is 6.07 Å². The van der Waals surface area contributed by atoms with Gasteiger partial charge in [0.15, 0.2) is 9.84 Å². The number of hydrazine groups is 3. The Labute approximate surface area is 169 Å². The van der Waals surface area contributed by atoms with Crippen molar-refractivity contribution in [3.05, 3.63) is 17.7 Å². The van der Waals surface area contributed by atoms with Crippen LogP contribution in [-0.2, 0) is 19.9 Å². The molecule has 3 aliphatic rings. The summed E-state index contributed by atoms with van der Waals surface area (Å²) in [5, 5.41) is 17.5. The number of anilines is 1. The number of sulfonamides is 1. The first kappa shape index (κ1) is 20.9. The molecule has 1 aromatic rings. The van der Waals surface area contributed by atoms with Gasteiger partial charge in [0.2, 0.25) is 10.0 Å². The quantitative estimate of drug-likeness (QED) is 0.247. The summed E-state index contributed by atoms with van der Waals surface area (Å²) in [6, 6.07) is 2.94. The van der Waals surface area contributed by atoms with Crippen LogP contribution in [0.25, 0.3) is 0 Å². The van der Waals surface area contributed by atoms with E-state index in [0.717, 1.165) is 0 Å². The fourth-order valence-corrected chi connectivity index (χ4v) is 7.04. The van der Waals surface area contributed by atoms with E-state index in [-0.39, 0.29) is 23.5 Å². The molecule has 4 rings (SSSR count). The molecule has 0 saturated carbocycles. The van der Waals surface area contributed by atoms with Crippen molar-refractivity contribution in [2.24, 2.45) is 5.14 Å². The highest BCUT2D eigenvalue weighted by Gasteiger charge is 2.40. The number of primary sulfonamides is 1. The number of aliphatic hydroxyl groups is 1. The smallest absolute Gasteiger partial charge is 0.239 e. The Balaban J connectivity index is 1.92. The number of hydrogen-bond donors (Lipinski definition) is 7. The van der Waals surface area contributed by atoms with Gasteiger partial charge in [-0.05, 0) is 25.0 Å². The van der Waals surface area contributed by atoms with Gasteiger partial charge in [0.25, 0.3) is 0 Å². The zero-order valence-electron chi connectivity index (χ0n) is 15.6. The molecule has 0 spiro atoms. The van der Waals surface area contributed by atoms with Gasteiger partial charge >= 0.3 is 0 Å². The highest BCUT2D eigenvalue weighted by Crippen LogP contribution is 2.38. The molecule has 0 radical (unpaired) electrons. The fraction of sp³-hybridized carbons (Fsp3) is 0.600. The van der Waals surface area contributed by atoms with Gasteiger partial charge in [-0.15, -0.1) is 0 Å². The Morgan fingerprint density at radius 3 is 2.17 bits per heavy atom. The molecular weight excluding hydrogens is 422 g/mol. The van der Waals surface area contributed by atoms with Crippen LogP contribution in [0.2, 0.25) is 0 Å². The molecule has 12 nitrogen and oxygen atoms in total. The zero-order valence-corrected chi connectivity index (χ0v) is 17.2. The van der Waals surface area contributed by atoms with Gasteiger partial charge in [0.05, 0.1) is 16.2 Å². The molecule has 29 heavy (non-hydrogen) atoms. The molecule has 0 aromatic heterocycles. The SMILES string of the molecule is NS(=O)(=O)c1c(S(=O)(=O)C2CNC2)ccc(N2CCC(O)CC2)c1C1NNNN1. The number of rotatable bonds is 5. The number of piperidine rings is 1. The molecule has 3 fully saturated rings. The minimum atomic E-state index is -4.39. The number of hydrogen-bond acceptors (Lipinski definition) is 11. The maximum Gasteiger partial charge on any atom is 0.239 e. The second-order valence-electron chi connectivity index (χ2n) is 7.39. The largest absolute Gasteiger partial charge is 0.393 e. The van der Waals surface area contributed by atoms with E-state index < -0.39 is 42.3 Å². The molecule has 0 bridgehead atoms. The number of nitrogens with two attached hydrogens (primary N) is 1. The predicted molar refractivity (Wildman–Crippen MR) is 104 cm³/mol. The molecule has 3 saturated heterocycles. The Hall–Kier alpha value is -1.36. The summed E-state index contributed by atoms with van der Waals surface area (Å²) in [6.45, 7) is 1.53. The number of aliphatic hydroxyl groups excluding tert-OH is 1. The third-order valence-corrected chi connectivity index (χ3v) is 8.80. The van der Waals surface area contributed by atoms with E-state index in [4.69, 9.17) is 5.14 Å². The van der Waals surface area contributed by atoms with Crippen molar-refractivity contribution >= 4 is 25.5 Å². The summed E-state index contributed by atoms with van der Waals surface area (Å²) in [5.74, 6) is 0. The van der Waals surface area contributed by atoms with Crippen molar-refractivity contribution < 1.29 is 21.9 Å². The van der Waals surface area contributed by atoms with Gasteiger partial charge in [-0.3, -0.25) is 0 Å². The molecule has 1 aromatic carbocycles. The van der Waals surface area contributed by atoms with Crippen LogP contribution < -0.4 is 37.3 Å². The minimum absolute atomic E-state index is 0.217. The number of nitrogens with one attached hydrogen (secondary N) is 5. The van der Waals surface area contributed by atoms with Crippen molar-refractivity contribution in [2.75, 3.05) is 31.1 Å². The molecule has 0 unspecified atom stereocenters. The second-order valence-corrected chi connectivity index (χ2v) is 11.1. The third-order valence-electron chi connectivity index (χ3n) is 5.50. The van der Waals surface area contributed by atoms with Gasteiger partial charge in [0.1, 0.15) is 11.1 Å². The van der Waals surface area contributed by atoms with Crippen LogP contribution in [0, 0.1) is 0 Å². The van der Waals surface area contributed by atoms with E-state index in [1.807, 2.05) is 4.90 Å². The van der Waals surface area contributed by atoms with Gasteiger partial charge in [-0.2, -0.15) is 11.1 Å². The van der Waals surface area contributed by atoms with Gasteiger partial charge < -0.3 is 15.3 Å². The van der Waals surface area contributed by atoms with E-state index >= 15 is 0 Å². The highest BCUT2D eigenvalue weighted by molar-refractivity contribution is 7.94. The Kier molecular flexibility index (Phi) is 5.56. The third kappa shape index (κ3) is 3.87. The van der Waals surface area contributed by atoms with Crippen LogP contribution in [0.3, 0.4) is 0 Å². The lowest BCUT2D eigenvalue weighted by molar-refractivity contribution is 0.145. The van der Waals surface area contributed by atoms with E-state index in [1.54, 1.807) is 6.07 Å². The first-order valence-electron chi connectivity index (χ1n) is 9.28. The first-order valence-corrected chi connectivity index (χ1v) is 12.4. The lowest BCUT2D eigenvalue weighted by Crippen LogP contribution is -2.51. The monoisotopic (exact) mass is 447 g/mol. The summed E-state index contributed by atoms with van der Waals surface area (Å²) in [7, 11) is -8.29. The lowest BCUT2D eigenvalue weighted by atomic mass is 10.0. The Bertz CT molecular complexity index is 983. The molecule has 8 N–H and O–H groups in total. The van der Waals surface area contributed by atoms with E-state index in [9.17, 15) is 21.9 Å². The predicted octanol–water partition coefficient (Wildman–Crippen LogP) is -2.84. The molecule has 0 aliphatic carbocycles. The molecule has 3 heterocycles. The highest BCUT2D eigenvalue weighted by atomic mass is 32.2. The van der Waals surface area contributed by atoms with Crippen LogP contribution in [0.15, 0.2) is 21.9 Å². The average Bonchev–Trinajstić information content (AvgIpc) is 3.13. The normalized spacial score (nSPS) is 22.8. The van der Waals surface area contributed by atoms with Gasteiger partial charge in [-0.1, -0.05) is 0 Å². The maximum atomic E-state index is 13.1. The zero-order chi connectivity index (χ0) is 20.8. The number of nitrogens with zero attached hydrogens (tertiary/aromatic N) is 1. The topological polar surface area (TPSA) is 178 Å². The van der Waals surface area contributed by atoms with Crippen LogP contribution in [0.1, 0.15) is 24.6 Å². The van der Waals surface area contributed by atoms with E-state index in [2.05, 4.69) is 27.2 Å². The summed E-state index contributed by atoms with van der Waals surface area (Å²) < 4.78 is 51.5. The molecule has 14 heteroatoms. The fourth-order valence-electron chi connectivity index (χ4n) is 3.81. The summed E-state index contributed by atoms with van der Waals surface area (Å²) in [4.78, 5) is 1.22. The van der Waals surface area contributed by atoms with Crippen LogP contribution in [-0.4, -0.2) is 59.5 Å². The van der Waals surface area contributed by atoms with E-state index in [0.29, 0.717) is 31.6 Å². The van der Waals surface area contributed by atoms with Crippen LogP contribution in [0.5, 0.6) is 0 Å². The van der Waals surface area contributed by atoms with Crippen molar-refractivity contribution in [3.8, 4) is 0 Å². The summed E-state index contributed by atoms with van der Waals surface area (Å²) in [6.07, 6.45) is -0.107. The number of sulfone groups is 1. The first-order chi connectivity index (χ1) is 13.7. The Morgan fingerprint density at radius 1 is 1.03 bits per heavy atom. The van der Waals surface area contributed by atoms with Crippen molar-refractivity contribution in [1.82, 2.24) is 27.2 Å². The van der Waals surface area contributed by atoms with Gasteiger partial charge in [0, 0.05) is 37.4 Å². The minimum Gasteiger partial charge on any atom is -0.393 e. The van der Waals surface area contributed by atoms with Crippen LogP contribution >= 0.6 is 0 Å². The molecule has 162 valence electrons. The molecule has 0 amide bonds. The van der Waals surface area contributed by atoms with Gasteiger partial charge in [-0.25, -0.2) is 32.8 Å². The van der Waals surface area contributed by atoms with Crippen molar-refractivity contribution in [2.45, 2.75) is 40.2 Å². The molecule has 0 atom stereocenters. The van der Waals surface area contributed by atoms with Crippen LogP contribution in [0.4, 0.5) is 5.69 Å². The molecular formula is C15H25N7O5S2. The molecule has 3 aliphatic heterocycles. The van der Waals surface area contributed by atoms with Crippen molar-refractivity contribution in [3.63, 3.8) is 0 Å². The number of benzene rings is 1. The average molecular weight is 448 g/mol. The lowest BCUT2D eigenvalue weighted by Gasteiger charge is -2.35. The maximum absolute atomic E-state index is 13.1. The summed E-state index contributed by atoms with van der Waals surface area (Å²) >= 11 is 0. The van der Waals surface area contributed by atoms with Crippen molar-refractivity contribution in [1.29, 1.82) is 0 Å². The second kappa shape index (κ2) is 7.72. The summed E-state index contributed by atoms with van der Waals surface area (Å²) in [5.41, 5.74) is 11.7. The Morgan fingerprint density at radius 2 is 1.66 bits per heavy atom.